The van der Waals surface area contributed by atoms with E-state index < -0.39 is 23.6 Å². The molecule has 4 N–H and O–H groups in total. The lowest BCUT2D eigenvalue weighted by Gasteiger charge is -2.29. The van der Waals surface area contributed by atoms with Gasteiger partial charge in [-0.2, -0.15) is 0 Å². The monoisotopic (exact) mass is 217 g/mol. The van der Waals surface area contributed by atoms with Crippen LogP contribution in [0.2, 0.25) is 0 Å². The summed E-state index contributed by atoms with van der Waals surface area (Å²) in [5.41, 5.74) is 3.93. The van der Waals surface area contributed by atoms with Crippen LogP contribution in [0, 0.1) is 0 Å². The second-order valence-electron chi connectivity index (χ2n) is 4.26. The van der Waals surface area contributed by atoms with Crippen molar-refractivity contribution in [3.63, 3.8) is 0 Å². The number of nitrogens with zero attached hydrogens (tertiary/aromatic N) is 1. The molecule has 0 aromatic rings. The Hall–Kier alpha value is -1.14. The molecule has 0 rings (SSSR count). The number of nitrogens with one attached hydrogen (secondary N) is 1. The molecule has 1 atom stereocenters. The molecule has 3 amide bonds. The van der Waals surface area contributed by atoms with E-state index in [1.165, 1.54) is 0 Å². The van der Waals surface area contributed by atoms with Crippen LogP contribution in [-0.2, 0) is 4.79 Å². The molecule has 15 heavy (non-hydrogen) atoms. The number of primary amides is 1. The number of amides is 3. The SMILES string of the molecule is CC(C(=O)NC(N)=O)N(C)CC(C)(C)O. The minimum Gasteiger partial charge on any atom is -0.389 e. The molecule has 0 spiro atoms. The van der Waals surface area contributed by atoms with Crippen LogP contribution in [-0.4, -0.2) is 47.2 Å². The summed E-state index contributed by atoms with van der Waals surface area (Å²) in [7, 11) is 1.68. The fourth-order valence-corrected chi connectivity index (χ4v) is 1.17. The van der Waals surface area contributed by atoms with E-state index in [4.69, 9.17) is 5.73 Å². The maximum absolute atomic E-state index is 11.3. The van der Waals surface area contributed by atoms with Crippen LogP contribution < -0.4 is 11.1 Å². The molecule has 0 saturated heterocycles. The summed E-state index contributed by atoms with van der Waals surface area (Å²) in [6.07, 6.45) is 0. The first-order valence-electron chi connectivity index (χ1n) is 4.66. The molecule has 0 bridgehead atoms. The third-order valence-electron chi connectivity index (χ3n) is 1.92. The molecule has 0 saturated carbocycles. The lowest BCUT2D eigenvalue weighted by molar-refractivity contribution is -0.125. The maximum Gasteiger partial charge on any atom is 0.318 e. The van der Waals surface area contributed by atoms with E-state index in [-0.39, 0.29) is 0 Å². The molecule has 0 aliphatic carbocycles. The number of rotatable bonds is 4. The van der Waals surface area contributed by atoms with Crippen LogP contribution in [0.15, 0.2) is 0 Å². The third kappa shape index (κ3) is 6.03. The average molecular weight is 217 g/mol. The van der Waals surface area contributed by atoms with Crippen molar-refractivity contribution in [1.29, 1.82) is 0 Å². The number of carbonyl (C=O) groups excluding carboxylic acids is 2. The highest BCUT2D eigenvalue weighted by molar-refractivity contribution is 5.96. The number of likely N-dealkylation sites (N-methyl/N-ethyl adjacent to an activating group) is 1. The van der Waals surface area contributed by atoms with Gasteiger partial charge in [-0.05, 0) is 27.8 Å². The Bertz CT molecular complexity index is 247. The summed E-state index contributed by atoms with van der Waals surface area (Å²) in [6, 6.07) is -1.40. The number of hydrogen-bond donors (Lipinski definition) is 3. The highest BCUT2D eigenvalue weighted by Crippen LogP contribution is 2.06. The van der Waals surface area contributed by atoms with E-state index in [1.54, 1.807) is 32.7 Å². The number of nitrogens with two attached hydrogens (primary N) is 1. The largest absolute Gasteiger partial charge is 0.389 e. The second-order valence-corrected chi connectivity index (χ2v) is 4.26. The molecular formula is C9H19N3O3. The van der Waals surface area contributed by atoms with Gasteiger partial charge in [0.2, 0.25) is 5.91 Å². The number of imide groups is 1. The van der Waals surface area contributed by atoms with Gasteiger partial charge in [-0.15, -0.1) is 0 Å². The Morgan fingerprint density at radius 2 is 2.00 bits per heavy atom. The van der Waals surface area contributed by atoms with E-state index >= 15 is 0 Å². The van der Waals surface area contributed by atoms with Gasteiger partial charge in [-0.1, -0.05) is 0 Å². The highest BCUT2D eigenvalue weighted by atomic mass is 16.3. The summed E-state index contributed by atoms with van der Waals surface area (Å²) in [4.78, 5) is 23.4. The van der Waals surface area contributed by atoms with Crippen LogP contribution in [0.25, 0.3) is 0 Å². The zero-order valence-electron chi connectivity index (χ0n) is 9.57. The van der Waals surface area contributed by atoms with Crippen molar-refractivity contribution in [3.05, 3.63) is 0 Å². The average Bonchev–Trinajstić information content (AvgIpc) is 1.98. The first-order chi connectivity index (χ1) is 6.63. The summed E-state index contributed by atoms with van der Waals surface area (Å²) in [5, 5.41) is 11.5. The van der Waals surface area contributed by atoms with Crippen molar-refractivity contribution in [1.82, 2.24) is 10.2 Å². The Balaban J connectivity index is 4.25. The van der Waals surface area contributed by atoms with Gasteiger partial charge in [0.15, 0.2) is 0 Å². The molecule has 6 nitrogen and oxygen atoms in total. The first kappa shape index (κ1) is 13.9. The van der Waals surface area contributed by atoms with Crippen molar-refractivity contribution in [3.8, 4) is 0 Å². The first-order valence-corrected chi connectivity index (χ1v) is 4.66. The van der Waals surface area contributed by atoms with Gasteiger partial charge < -0.3 is 10.8 Å². The minimum absolute atomic E-state index is 0.320. The van der Waals surface area contributed by atoms with Crippen molar-refractivity contribution < 1.29 is 14.7 Å². The topological polar surface area (TPSA) is 95.7 Å². The third-order valence-corrected chi connectivity index (χ3v) is 1.92. The van der Waals surface area contributed by atoms with E-state index in [9.17, 15) is 14.7 Å². The maximum atomic E-state index is 11.3. The van der Waals surface area contributed by atoms with Crippen LogP contribution in [0.4, 0.5) is 4.79 Å². The van der Waals surface area contributed by atoms with E-state index in [0.29, 0.717) is 6.54 Å². The smallest absolute Gasteiger partial charge is 0.318 e. The number of hydrogen-bond acceptors (Lipinski definition) is 4. The zero-order valence-corrected chi connectivity index (χ0v) is 9.57. The van der Waals surface area contributed by atoms with Crippen LogP contribution in [0.1, 0.15) is 20.8 Å². The molecule has 0 heterocycles. The Kier molecular flexibility index (Phi) is 4.70. The van der Waals surface area contributed by atoms with Crippen molar-refractivity contribution in [2.24, 2.45) is 5.73 Å². The normalized spacial score (nSPS) is 13.7. The van der Waals surface area contributed by atoms with Crippen LogP contribution in [0.5, 0.6) is 0 Å². The fraction of sp³-hybridized carbons (Fsp3) is 0.778. The predicted octanol–water partition coefficient (Wildman–Crippen LogP) is -0.727. The Morgan fingerprint density at radius 1 is 1.53 bits per heavy atom. The molecule has 88 valence electrons. The van der Waals surface area contributed by atoms with E-state index in [2.05, 4.69) is 0 Å². The molecule has 0 fully saturated rings. The molecule has 0 aliphatic heterocycles. The van der Waals surface area contributed by atoms with Gasteiger partial charge in [0.1, 0.15) is 0 Å². The van der Waals surface area contributed by atoms with Crippen molar-refractivity contribution in [2.45, 2.75) is 32.4 Å². The van der Waals surface area contributed by atoms with Gasteiger partial charge in [0, 0.05) is 6.54 Å². The molecule has 1 unspecified atom stereocenters. The van der Waals surface area contributed by atoms with Gasteiger partial charge in [0.25, 0.3) is 0 Å². The van der Waals surface area contributed by atoms with Crippen molar-refractivity contribution in [2.75, 3.05) is 13.6 Å². The fourth-order valence-electron chi connectivity index (χ4n) is 1.17. The summed E-state index contributed by atoms with van der Waals surface area (Å²) >= 11 is 0. The van der Waals surface area contributed by atoms with Crippen LogP contribution in [0.3, 0.4) is 0 Å². The molecule has 6 heteroatoms. The summed E-state index contributed by atoms with van der Waals surface area (Å²) in [5.74, 6) is -0.478. The standard InChI is InChI=1S/C9H19N3O3/c1-6(7(13)11-8(10)14)12(4)5-9(2,3)15/h6,15H,5H2,1-4H3,(H3,10,11,13,14). The van der Waals surface area contributed by atoms with Gasteiger partial charge in [-0.25, -0.2) is 4.79 Å². The zero-order chi connectivity index (χ0) is 12.2. The molecule has 0 radical (unpaired) electrons. The molecule has 0 aromatic carbocycles. The molecular weight excluding hydrogens is 198 g/mol. The highest BCUT2D eigenvalue weighted by Gasteiger charge is 2.24. The van der Waals surface area contributed by atoms with E-state index in [1.807, 2.05) is 5.32 Å². The van der Waals surface area contributed by atoms with Gasteiger partial charge in [0.05, 0.1) is 11.6 Å². The summed E-state index contributed by atoms with van der Waals surface area (Å²) < 4.78 is 0. The number of aliphatic hydroxyl groups is 1. The number of urea groups is 1. The second kappa shape index (κ2) is 5.09. The molecule has 0 aromatic heterocycles. The quantitative estimate of drug-likeness (QED) is 0.578. The molecule has 0 aliphatic rings. The lowest BCUT2D eigenvalue weighted by atomic mass is 10.1. The van der Waals surface area contributed by atoms with Crippen molar-refractivity contribution >= 4 is 11.9 Å². The Labute approximate surface area is 89.4 Å². The number of carbonyl (C=O) groups is 2. The summed E-state index contributed by atoms with van der Waals surface area (Å²) in [6.45, 7) is 5.23. The van der Waals surface area contributed by atoms with E-state index in [0.717, 1.165) is 0 Å². The van der Waals surface area contributed by atoms with Gasteiger partial charge >= 0.3 is 6.03 Å². The lowest BCUT2D eigenvalue weighted by Crippen LogP contribution is -2.50. The van der Waals surface area contributed by atoms with Gasteiger partial charge in [-0.3, -0.25) is 15.0 Å². The minimum atomic E-state index is -0.893. The Morgan fingerprint density at radius 3 is 2.33 bits per heavy atom. The predicted molar refractivity (Wildman–Crippen MR) is 56.1 cm³/mol. The van der Waals surface area contributed by atoms with Crippen LogP contribution >= 0.6 is 0 Å².